The molecular formula is C25H28N2O2. The molecule has 29 heavy (non-hydrogen) atoms. The maximum atomic E-state index is 12.7. The molecule has 4 rings (SSSR count). The highest BCUT2D eigenvalue weighted by Crippen LogP contribution is 2.26. The van der Waals surface area contributed by atoms with Gasteiger partial charge in [-0.15, -0.1) is 0 Å². The minimum atomic E-state index is -0.477. The van der Waals surface area contributed by atoms with E-state index >= 15 is 0 Å². The number of hydrogen-bond donors (Lipinski definition) is 1. The number of fused-ring (bicyclic) bond motifs is 1. The molecule has 0 aliphatic carbocycles. The lowest BCUT2D eigenvalue weighted by Gasteiger charge is -2.17. The van der Waals surface area contributed by atoms with Crippen molar-refractivity contribution in [2.45, 2.75) is 38.7 Å². The van der Waals surface area contributed by atoms with Gasteiger partial charge in [0.15, 0.2) is 0 Å². The number of likely N-dealkylation sites (tertiary alicyclic amines) is 1. The highest BCUT2D eigenvalue weighted by molar-refractivity contribution is 5.82. The zero-order chi connectivity index (χ0) is 20.2. The van der Waals surface area contributed by atoms with Crippen LogP contribution in [0.1, 0.15) is 30.0 Å². The molecule has 1 aliphatic heterocycles. The number of carbonyl (C=O) groups excluding carboxylic acids is 1. The summed E-state index contributed by atoms with van der Waals surface area (Å²) in [5.74, 6) is 0.194. The van der Waals surface area contributed by atoms with Crippen molar-refractivity contribution in [3.8, 4) is 0 Å². The Morgan fingerprint density at radius 3 is 2.62 bits per heavy atom. The van der Waals surface area contributed by atoms with E-state index in [1.54, 1.807) is 0 Å². The van der Waals surface area contributed by atoms with Crippen LogP contribution in [0, 0.1) is 5.92 Å². The lowest BCUT2D eigenvalue weighted by atomic mass is 9.94. The fourth-order valence-corrected chi connectivity index (χ4v) is 4.22. The fourth-order valence-electron chi connectivity index (χ4n) is 4.22. The number of aromatic nitrogens is 1. The van der Waals surface area contributed by atoms with Crippen molar-refractivity contribution in [3.63, 3.8) is 0 Å². The van der Waals surface area contributed by atoms with Crippen LogP contribution in [0.4, 0.5) is 0 Å². The Labute approximate surface area is 172 Å². The molecule has 2 unspecified atom stereocenters. The summed E-state index contributed by atoms with van der Waals surface area (Å²) >= 11 is 0. The number of para-hydroxylation sites is 1. The monoisotopic (exact) mass is 388 g/mol. The molecular weight excluding hydrogens is 360 g/mol. The van der Waals surface area contributed by atoms with Crippen molar-refractivity contribution in [3.05, 3.63) is 77.5 Å². The first-order valence-electron chi connectivity index (χ1n) is 10.5. The van der Waals surface area contributed by atoms with Crippen molar-refractivity contribution in [1.29, 1.82) is 0 Å². The molecule has 2 heterocycles. The van der Waals surface area contributed by atoms with Gasteiger partial charge in [-0.1, -0.05) is 49.4 Å². The predicted octanol–water partition coefficient (Wildman–Crippen LogP) is 3.79. The van der Waals surface area contributed by atoms with Gasteiger partial charge in [0.1, 0.15) is 0 Å². The maximum Gasteiger partial charge on any atom is 0.223 e. The van der Waals surface area contributed by atoms with Crippen LogP contribution >= 0.6 is 0 Å². The van der Waals surface area contributed by atoms with E-state index in [-0.39, 0.29) is 11.8 Å². The number of amides is 1. The number of aliphatic hydroxyl groups excluding tert-OH is 1. The molecule has 1 fully saturated rings. The minimum Gasteiger partial charge on any atom is -0.391 e. The van der Waals surface area contributed by atoms with E-state index in [1.807, 2.05) is 35.4 Å². The van der Waals surface area contributed by atoms with Gasteiger partial charge in [0.05, 0.1) is 11.6 Å². The van der Waals surface area contributed by atoms with Crippen LogP contribution in [0.25, 0.3) is 10.9 Å². The van der Waals surface area contributed by atoms with Crippen LogP contribution in [0.15, 0.2) is 60.8 Å². The zero-order valence-corrected chi connectivity index (χ0v) is 16.9. The third-order valence-electron chi connectivity index (χ3n) is 6.04. The van der Waals surface area contributed by atoms with Gasteiger partial charge in [0.25, 0.3) is 0 Å². The average molecular weight is 389 g/mol. The SMILES string of the molecule is CCc1ccc(CCC(=O)N2CC(O)C(Cc3ccnc4ccccc34)C2)cc1. The Bertz CT molecular complexity index is 978. The Morgan fingerprint density at radius 1 is 1.07 bits per heavy atom. The molecule has 1 N–H and O–H groups in total. The summed E-state index contributed by atoms with van der Waals surface area (Å²) in [7, 11) is 0. The Hall–Kier alpha value is -2.72. The van der Waals surface area contributed by atoms with Crippen molar-refractivity contribution in [2.24, 2.45) is 5.92 Å². The van der Waals surface area contributed by atoms with E-state index in [0.717, 1.165) is 30.2 Å². The van der Waals surface area contributed by atoms with Gasteiger partial charge in [-0.25, -0.2) is 0 Å². The van der Waals surface area contributed by atoms with Gasteiger partial charge in [-0.2, -0.15) is 0 Å². The van der Waals surface area contributed by atoms with Gasteiger partial charge in [-0.05, 0) is 48.1 Å². The summed E-state index contributed by atoms with van der Waals surface area (Å²) in [6, 6.07) is 18.6. The quantitative estimate of drug-likeness (QED) is 0.699. The average Bonchev–Trinajstić information content (AvgIpc) is 3.13. The maximum absolute atomic E-state index is 12.7. The Kier molecular flexibility index (Phi) is 5.91. The second-order valence-electron chi connectivity index (χ2n) is 7.99. The minimum absolute atomic E-state index is 0.0635. The van der Waals surface area contributed by atoms with E-state index in [0.29, 0.717) is 19.5 Å². The topological polar surface area (TPSA) is 53.4 Å². The number of benzene rings is 2. The van der Waals surface area contributed by atoms with Gasteiger partial charge in [0, 0.05) is 37.0 Å². The first-order valence-corrected chi connectivity index (χ1v) is 10.5. The number of rotatable bonds is 6. The molecule has 1 saturated heterocycles. The number of aliphatic hydroxyl groups is 1. The molecule has 150 valence electrons. The van der Waals surface area contributed by atoms with Crippen molar-refractivity contribution < 1.29 is 9.90 Å². The summed E-state index contributed by atoms with van der Waals surface area (Å²) in [5, 5.41) is 11.7. The predicted molar refractivity (Wildman–Crippen MR) is 116 cm³/mol. The molecule has 0 radical (unpaired) electrons. The Morgan fingerprint density at radius 2 is 1.83 bits per heavy atom. The summed E-state index contributed by atoms with van der Waals surface area (Å²) < 4.78 is 0. The van der Waals surface area contributed by atoms with Crippen LogP contribution < -0.4 is 0 Å². The van der Waals surface area contributed by atoms with Crippen molar-refractivity contribution >= 4 is 16.8 Å². The van der Waals surface area contributed by atoms with Gasteiger partial charge in [-0.3, -0.25) is 9.78 Å². The van der Waals surface area contributed by atoms with E-state index in [4.69, 9.17) is 0 Å². The highest BCUT2D eigenvalue weighted by Gasteiger charge is 2.33. The molecule has 4 nitrogen and oxygen atoms in total. The molecule has 3 aromatic rings. The number of β-amino-alcohol motifs (C(OH)–C–C–N with tert-alkyl or cyclic N) is 1. The van der Waals surface area contributed by atoms with Gasteiger partial charge >= 0.3 is 0 Å². The van der Waals surface area contributed by atoms with E-state index in [9.17, 15) is 9.90 Å². The van der Waals surface area contributed by atoms with Gasteiger partial charge < -0.3 is 10.0 Å². The Balaban J connectivity index is 1.36. The fraction of sp³-hybridized carbons (Fsp3) is 0.360. The normalized spacial score (nSPS) is 19.0. The summed E-state index contributed by atoms with van der Waals surface area (Å²) in [6.07, 6.45) is 4.37. The van der Waals surface area contributed by atoms with Crippen LogP contribution in [0.2, 0.25) is 0 Å². The molecule has 2 atom stereocenters. The summed E-state index contributed by atoms with van der Waals surface area (Å²) in [6.45, 7) is 3.19. The number of hydrogen-bond acceptors (Lipinski definition) is 3. The van der Waals surface area contributed by atoms with Crippen molar-refractivity contribution in [2.75, 3.05) is 13.1 Å². The van der Waals surface area contributed by atoms with Gasteiger partial charge in [0.2, 0.25) is 5.91 Å². The summed E-state index contributed by atoms with van der Waals surface area (Å²) in [5.41, 5.74) is 4.66. The van der Waals surface area contributed by atoms with Crippen molar-refractivity contribution in [1.82, 2.24) is 9.88 Å². The van der Waals surface area contributed by atoms with Crippen LogP contribution in [-0.2, 0) is 24.1 Å². The third kappa shape index (κ3) is 4.48. The first kappa shape index (κ1) is 19.6. The molecule has 1 aromatic heterocycles. The molecule has 0 bridgehead atoms. The number of pyridine rings is 1. The lowest BCUT2D eigenvalue weighted by Crippen LogP contribution is -2.29. The molecule has 4 heteroatoms. The second kappa shape index (κ2) is 8.75. The summed E-state index contributed by atoms with van der Waals surface area (Å²) in [4.78, 5) is 19.0. The van der Waals surface area contributed by atoms with Crippen LogP contribution in [0.3, 0.4) is 0 Å². The highest BCUT2D eigenvalue weighted by atomic mass is 16.3. The molecule has 0 spiro atoms. The number of nitrogens with zero attached hydrogens (tertiary/aromatic N) is 2. The third-order valence-corrected chi connectivity index (χ3v) is 6.04. The molecule has 0 saturated carbocycles. The number of aryl methyl sites for hydroxylation is 2. The standard InChI is InChI=1S/C25H28N2O2/c1-2-18-7-9-19(10-8-18)11-12-25(29)27-16-21(24(28)17-27)15-20-13-14-26-23-6-4-3-5-22(20)23/h3-10,13-14,21,24,28H,2,11-12,15-17H2,1H3. The second-order valence-corrected chi connectivity index (χ2v) is 7.99. The van der Waals surface area contributed by atoms with E-state index in [1.165, 1.54) is 16.7 Å². The molecule has 1 aliphatic rings. The lowest BCUT2D eigenvalue weighted by molar-refractivity contribution is -0.130. The molecule has 2 aromatic carbocycles. The van der Waals surface area contributed by atoms with E-state index in [2.05, 4.69) is 42.2 Å². The van der Waals surface area contributed by atoms with E-state index < -0.39 is 6.10 Å². The van der Waals surface area contributed by atoms with Crippen LogP contribution in [-0.4, -0.2) is 40.1 Å². The largest absolute Gasteiger partial charge is 0.391 e. The zero-order valence-electron chi connectivity index (χ0n) is 16.9. The molecule has 1 amide bonds. The number of carbonyl (C=O) groups is 1. The smallest absolute Gasteiger partial charge is 0.223 e. The first-order chi connectivity index (χ1) is 14.1. The van der Waals surface area contributed by atoms with Crippen LogP contribution in [0.5, 0.6) is 0 Å².